The highest BCUT2D eigenvalue weighted by molar-refractivity contribution is 5.93. The standard InChI is InChI=1S/C20H27F3N2O2/c1-2-3-6-13-24-18(26)14-9-11-15(12-10-14)19(27)25-17-8-5-4-7-16(17)20(21,22)23/h4-5,7-8,14-15H,2-3,6,9-13H2,1H3,(H,24,26)(H,25,27). The lowest BCUT2D eigenvalue weighted by Gasteiger charge is -2.27. The zero-order chi connectivity index (χ0) is 19.9. The van der Waals surface area contributed by atoms with Crippen LogP contribution >= 0.6 is 0 Å². The normalized spacial score (nSPS) is 20.1. The summed E-state index contributed by atoms with van der Waals surface area (Å²) in [5.74, 6) is -0.866. The summed E-state index contributed by atoms with van der Waals surface area (Å²) < 4.78 is 39.1. The van der Waals surface area contributed by atoms with E-state index in [2.05, 4.69) is 17.6 Å². The SMILES string of the molecule is CCCCCNC(=O)C1CCC(C(=O)Nc2ccccc2C(F)(F)F)CC1. The van der Waals surface area contributed by atoms with Crippen LogP contribution in [0.15, 0.2) is 24.3 Å². The Labute approximate surface area is 157 Å². The van der Waals surface area contributed by atoms with Crippen molar-refractivity contribution in [3.8, 4) is 0 Å². The molecule has 2 N–H and O–H groups in total. The Balaban J connectivity index is 1.84. The molecule has 1 aliphatic carbocycles. The first-order valence-corrected chi connectivity index (χ1v) is 9.57. The zero-order valence-electron chi connectivity index (χ0n) is 15.6. The maximum Gasteiger partial charge on any atom is 0.418 e. The summed E-state index contributed by atoms with van der Waals surface area (Å²) >= 11 is 0. The van der Waals surface area contributed by atoms with Gasteiger partial charge >= 0.3 is 6.18 Å². The van der Waals surface area contributed by atoms with Crippen molar-refractivity contribution >= 4 is 17.5 Å². The first-order chi connectivity index (χ1) is 12.8. The van der Waals surface area contributed by atoms with Gasteiger partial charge in [-0.05, 0) is 44.2 Å². The van der Waals surface area contributed by atoms with Crippen molar-refractivity contribution in [1.29, 1.82) is 0 Å². The molecule has 0 aliphatic heterocycles. The fraction of sp³-hybridized carbons (Fsp3) is 0.600. The second-order valence-corrected chi connectivity index (χ2v) is 7.08. The molecule has 7 heteroatoms. The molecule has 27 heavy (non-hydrogen) atoms. The smallest absolute Gasteiger partial charge is 0.356 e. The highest BCUT2D eigenvalue weighted by atomic mass is 19.4. The zero-order valence-corrected chi connectivity index (χ0v) is 15.6. The van der Waals surface area contributed by atoms with Crippen LogP contribution < -0.4 is 10.6 Å². The first-order valence-electron chi connectivity index (χ1n) is 9.57. The second kappa shape index (κ2) is 9.76. The maximum absolute atomic E-state index is 13.0. The molecule has 2 rings (SSSR count). The molecule has 0 aromatic heterocycles. The van der Waals surface area contributed by atoms with Crippen molar-refractivity contribution in [3.63, 3.8) is 0 Å². The molecule has 0 atom stereocenters. The molecule has 1 aromatic carbocycles. The summed E-state index contributed by atoms with van der Waals surface area (Å²) in [6, 6.07) is 4.97. The summed E-state index contributed by atoms with van der Waals surface area (Å²) in [4.78, 5) is 24.5. The summed E-state index contributed by atoms with van der Waals surface area (Å²) in [6.45, 7) is 2.77. The third-order valence-electron chi connectivity index (χ3n) is 5.04. The minimum atomic E-state index is -4.52. The van der Waals surface area contributed by atoms with Crippen LogP contribution in [0.4, 0.5) is 18.9 Å². The summed E-state index contributed by atoms with van der Waals surface area (Å²) in [5.41, 5.74) is -1.07. The van der Waals surface area contributed by atoms with E-state index in [1.807, 2.05) is 0 Å². The Morgan fingerprint density at radius 2 is 1.59 bits per heavy atom. The molecule has 1 aromatic rings. The Morgan fingerprint density at radius 3 is 2.19 bits per heavy atom. The van der Waals surface area contributed by atoms with Crippen molar-refractivity contribution in [2.75, 3.05) is 11.9 Å². The first kappa shape index (κ1) is 21.3. The topological polar surface area (TPSA) is 58.2 Å². The summed E-state index contributed by atoms with van der Waals surface area (Å²) in [6.07, 6.45) is 0.785. The van der Waals surface area contributed by atoms with Crippen LogP contribution in [0.25, 0.3) is 0 Å². The van der Waals surface area contributed by atoms with Gasteiger partial charge in [0, 0.05) is 18.4 Å². The number of carbonyl (C=O) groups is 2. The average molecular weight is 384 g/mol. The van der Waals surface area contributed by atoms with Crippen LogP contribution in [0.1, 0.15) is 57.4 Å². The van der Waals surface area contributed by atoms with Crippen LogP contribution in [0.5, 0.6) is 0 Å². The molecular formula is C20H27F3N2O2. The number of rotatable bonds is 7. The van der Waals surface area contributed by atoms with Crippen LogP contribution in [-0.4, -0.2) is 18.4 Å². The van der Waals surface area contributed by atoms with Gasteiger partial charge in [0.2, 0.25) is 11.8 Å². The van der Waals surface area contributed by atoms with Crippen molar-refractivity contribution in [3.05, 3.63) is 29.8 Å². The molecule has 0 unspecified atom stereocenters. The van der Waals surface area contributed by atoms with Gasteiger partial charge in [-0.1, -0.05) is 31.9 Å². The Kier molecular flexibility index (Phi) is 7.68. The lowest BCUT2D eigenvalue weighted by molar-refractivity contribution is -0.137. The number of amides is 2. The largest absolute Gasteiger partial charge is 0.418 e. The Bertz CT molecular complexity index is 638. The molecule has 0 bridgehead atoms. The van der Waals surface area contributed by atoms with Crippen LogP contribution in [0, 0.1) is 11.8 Å². The number of benzene rings is 1. The molecule has 150 valence electrons. The molecule has 0 spiro atoms. The number of para-hydroxylation sites is 1. The van der Waals surface area contributed by atoms with Gasteiger partial charge in [-0.15, -0.1) is 0 Å². The number of halogens is 3. The number of nitrogens with one attached hydrogen (secondary N) is 2. The average Bonchev–Trinajstić information content (AvgIpc) is 2.65. The second-order valence-electron chi connectivity index (χ2n) is 7.08. The Hall–Kier alpha value is -2.05. The van der Waals surface area contributed by atoms with E-state index in [0.29, 0.717) is 32.2 Å². The molecule has 0 saturated heterocycles. The van der Waals surface area contributed by atoms with Crippen LogP contribution in [-0.2, 0) is 15.8 Å². The number of unbranched alkanes of at least 4 members (excludes halogenated alkanes) is 2. The van der Waals surface area contributed by atoms with E-state index in [1.165, 1.54) is 18.2 Å². The Morgan fingerprint density at radius 1 is 1.00 bits per heavy atom. The molecule has 2 amide bonds. The van der Waals surface area contributed by atoms with E-state index in [1.54, 1.807) is 0 Å². The van der Waals surface area contributed by atoms with E-state index in [9.17, 15) is 22.8 Å². The quantitative estimate of drug-likeness (QED) is 0.666. The number of hydrogen-bond acceptors (Lipinski definition) is 2. The van der Waals surface area contributed by atoms with Crippen molar-refractivity contribution < 1.29 is 22.8 Å². The van der Waals surface area contributed by atoms with Crippen molar-refractivity contribution in [1.82, 2.24) is 5.32 Å². The molecule has 1 saturated carbocycles. The highest BCUT2D eigenvalue weighted by Gasteiger charge is 2.35. The van der Waals surface area contributed by atoms with Gasteiger partial charge in [-0.25, -0.2) is 0 Å². The maximum atomic E-state index is 13.0. The lowest BCUT2D eigenvalue weighted by Crippen LogP contribution is -2.36. The molecule has 1 fully saturated rings. The lowest BCUT2D eigenvalue weighted by atomic mass is 9.81. The van der Waals surface area contributed by atoms with Gasteiger partial charge < -0.3 is 10.6 Å². The molecular weight excluding hydrogens is 357 g/mol. The highest BCUT2D eigenvalue weighted by Crippen LogP contribution is 2.35. The third kappa shape index (κ3) is 6.26. The van der Waals surface area contributed by atoms with Gasteiger partial charge in [0.05, 0.1) is 11.3 Å². The van der Waals surface area contributed by atoms with E-state index >= 15 is 0 Å². The predicted molar refractivity (Wildman–Crippen MR) is 98.1 cm³/mol. The molecule has 0 radical (unpaired) electrons. The van der Waals surface area contributed by atoms with E-state index < -0.39 is 17.6 Å². The summed E-state index contributed by atoms with van der Waals surface area (Å²) in [7, 11) is 0. The van der Waals surface area contributed by atoms with Gasteiger partial charge in [-0.3, -0.25) is 9.59 Å². The minimum Gasteiger partial charge on any atom is -0.356 e. The minimum absolute atomic E-state index is 0.0207. The fourth-order valence-corrected chi connectivity index (χ4v) is 3.42. The monoisotopic (exact) mass is 384 g/mol. The van der Waals surface area contributed by atoms with Gasteiger partial charge in [0.15, 0.2) is 0 Å². The fourth-order valence-electron chi connectivity index (χ4n) is 3.42. The summed E-state index contributed by atoms with van der Waals surface area (Å²) in [5, 5.41) is 5.35. The molecule has 4 nitrogen and oxygen atoms in total. The van der Waals surface area contributed by atoms with E-state index in [-0.39, 0.29) is 23.4 Å². The van der Waals surface area contributed by atoms with Crippen molar-refractivity contribution in [2.24, 2.45) is 11.8 Å². The molecule has 1 aliphatic rings. The van der Waals surface area contributed by atoms with E-state index in [0.717, 1.165) is 25.3 Å². The number of hydrogen-bond donors (Lipinski definition) is 2. The van der Waals surface area contributed by atoms with E-state index in [4.69, 9.17) is 0 Å². The van der Waals surface area contributed by atoms with Crippen LogP contribution in [0.2, 0.25) is 0 Å². The van der Waals surface area contributed by atoms with Crippen molar-refractivity contribution in [2.45, 2.75) is 58.0 Å². The number of anilines is 1. The predicted octanol–water partition coefficient (Wildman–Crippen LogP) is 4.76. The number of carbonyl (C=O) groups excluding carboxylic acids is 2. The van der Waals surface area contributed by atoms with Gasteiger partial charge in [0.1, 0.15) is 0 Å². The third-order valence-corrected chi connectivity index (χ3v) is 5.04. The van der Waals surface area contributed by atoms with Crippen LogP contribution in [0.3, 0.4) is 0 Å². The molecule has 0 heterocycles. The van der Waals surface area contributed by atoms with Gasteiger partial charge in [-0.2, -0.15) is 13.2 Å². The number of alkyl halides is 3. The van der Waals surface area contributed by atoms with Gasteiger partial charge in [0.25, 0.3) is 0 Å².